The maximum absolute atomic E-state index is 14.1. The molecule has 2 fully saturated rings. The Morgan fingerprint density at radius 3 is 2.66 bits per heavy atom. The lowest BCUT2D eigenvalue weighted by atomic mass is 9.74. The number of carbonyl (C=O) groups excluding carboxylic acids is 2. The van der Waals surface area contributed by atoms with Gasteiger partial charge in [-0.2, -0.15) is 0 Å². The van der Waals surface area contributed by atoms with Crippen molar-refractivity contribution in [1.29, 1.82) is 0 Å². The highest BCUT2D eigenvalue weighted by molar-refractivity contribution is 5.94. The molecule has 3 atom stereocenters. The molecule has 4 rings (SSSR count). The lowest BCUT2D eigenvalue weighted by molar-refractivity contribution is -0.136. The van der Waals surface area contributed by atoms with E-state index >= 15 is 0 Å². The number of hydrogen-bond acceptors (Lipinski definition) is 5. The second-order valence-electron chi connectivity index (χ2n) is 10.8. The van der Waals surface area contributed by atoms with Gasteiger partial charge in [0.25, 0.3) is 5.91 Å². The second kappa shape index (κ2) is 10.0. The molecule has 1 N–H and O–H groups in total. The molecule has 7 nitrogen and oxygen atoms in total. The standard InChI is InChI=1S/C26H34F2N4O3/c1-26(2)10-5-6-17(14-26)32-11-9-21(19(15-32)25(34)31(3)4)29-24(33)22-13-23(35-30-22)18-8-7-16(27)12-20(18)28/h7-8,12-13,17,19,21H,5-6,9-11,14-15H2,1-4H3,(H,29,33). The molecule has 35 heavy (non-hydrogen) atoms. The summed E-state index contributed by atoms with van der Waals surface area (Å²) >= 11 is 0. The Morgan fingerprint density at radius 2 is 1.97 bits per heavy atom. The van der Waals surface area contributed by atoms with Gasteiger partial charge in [-0.3, -0.25) is 14.5 Å². The van der Waals surface area contributed by atoms with E-state index in [0.717, 1.165) is 31.5 Å². The molecule has 2 aromatic rings. The van der Waals surface area contributed by atoms with Crippen LogP contribution in [0.15, 0.2) is 28.8 Å². The zero-order valence-electron chi connectivity index (χ0n) is 20.8. The van der Waals surface area contributed by atoms with E-state index in [1.807, 2.05) is 0 Å². The summed E-state index contributed by atoms with van der Waals surface area (Å²) in [4.78, 5) is 30.0. The normalized spacial score (nSPS) is 24.7. The molecule has 0 bridgehead atoms. The van der Waals surface area contributed by atoms with Gasteiger partial charge >= 0.3 is 0 Å². The monoisotopic (exact) mass is 488 g/mol. The van der Waals surface area contributed by atoms with E-state index < -0.39 is 17.5 Å². The molecular formula is C26H34F2N4O3. The molecule has 1 aliphatic carbocycles. The van der Waals surface area contributed by atoms with E-state index in [1.54, 1.807) is 19.0 Å². The Labute approximate surface area is 204 Å². The minimum absolute atomic E-state index is 0.0160. The largest absolute Gasteiger partial charge is 0.355 e. The van der Waals surface area contributed by atoms with Crippen LogP contribution in [0.2, 0.25) is 0 Å². The average molecular weight is 489 g/mol. The van der Waals surface area contributed by atoms with Crippen molar-refractivity contribution in [3.63, 3.8) is 0 Å². The minimum Gasteiger partial charge on any atom is -0.355 e. The smallest absolute Gasteiger partial charge is 0.273 e. The molecule has 3 unspecified atom stereocenters. The van der Waals surface area contributed by atoms with Crippen LogP contribution in [0, 0.1) is 23.0 Å². The van der Waals surface area contributed by atoms with E-state index in [0.29, 0.717) is 24.4 Å². The van der Waals surface area contributed by atoms with Gasteiger partial charge < -0.3 is 14.7 Å². The fourth-order valence-corrected chi connectivity index (χ4v) is 5.47. The summed E-state index contributed by atoms with van der Waals surface area (Å²) in [7, 11) is 3.45. The van der Waals surface area contributed by atoms with Crippen LogP contribution in [0.25, 0.3) is 11.3 Å². The van der Waals surface area contributed by atoms with Gasteiger partial charge in [0.05, 0.1) is 11.5 Å². The molecule has 1 saturated heterocycles. The predicted octanol–water partition coefficient (Wildman–Crippen LogP) is 4.10. The van der Waals surface area contributed by atoms with E-state index in [4.69, 9.17) is 4.52 Å². The summed E-state index contributed by atoms with van der Waals surface area (Å²) in [6.45, 7) is 6.00. The van der Waals surface area contributed by atoms with Gasteiger partial charge in [-0.25, -0.2) is 8.78 Å². The lowest BCUT2D eigenvalue weighted by Gasteiger charge is -2.46. The second-order valence-corrected chi connectivity index (χ2v) is 10.8. The number of nitrogens with zero attached hydrogens (tertiary/aromatic N) is 3. The number of rotatable bonds is 5. The molecular weight excluding hydrogens is 454 g/mol. The predicted molar refractivity (Wildman–Crippen MR) is 128 cm³/mol. The van der Waals surface area contributed by atoms with Crippen LogP contribution >= 0.6 is 0 Å². The molecule has 1 aromatic carbocycles. The maximum atomic E-state index is 14.1. The SMILES string of the molecule is CN(C)C(=O)C1CN(C2CCCC(C)(C)C2)CCC1NC(=O)c1cc(-c2ccc(F)cc2F)on1. The van der Waals surface area contributed by atoms with Gasteiger partial charge in [-0.1, -0.05) is 25.4 Å². The highest BCUT2D eigenvalue weighted by atomic mass is 19.1. The Bertz CT molecular complexity index is 1080. The third-order valence-corrected chi connectivity index (χ3v) is 7.35. The van der Waals surface area contributed by atoms with E-state index in [-0.39, 0.29) is 34.9 Å². The zero-order chi connectivity index (χ0) is 25.3. The molecule has 2 aliphatic rings. The Balaban J connectivity index is 1.47. The fourth-order valence-electron chi connectivity index (χ4n) is 5.47. The van der Waals surface area contributed by atoms with Crippen LogP contribution in [0.5, 0.6) is 0 Å². The van der Waals surface area contributed by atoms with E-state index in [1.165, 1.54) is 25.0 Å². The van der Waals surface area contributed by atoms with Crippen molar-refractivity contribution in [3.8, 4) is 11.3 Å². The number of amides is 2. The quantitative estimate of drug-likeness (QED) is 0.686. The molecule has 1 saturated carbocycles. The number of benzene rings is 1. The van der Waals surface area contributed by atoms with Crippen molar-refractivity contribution in [1.82, 2.24) is 20.3 Å². The molecule has 190 valence electrons. The third kappa shape index (κ3) is 5.72. The van der Waals surface area contributed by atoms with Gasteiger partial charge in [0.2, 0.25) is 5.91 Å². The number of aromatic nitrogens is 1. The average Bonchev–Trinajstić information content (AvgIpc) is 3.28. The number of likely N-dealkylation sites (tertiary alicyclic amines) is 1. The Kier molecular flexibility index (Phi) is 7.26. The van der Waals surface area contributed by atoms with Crippen LogP contribution in [0.1, 0.15) is 56.4 Å². The Morgan fingerprint density at radius 1 is 1.20 bits per heavy atom. The highest BCUT2D eigenvalue weighted by Crippen LogP contribution is 2.38. The summed E-state index contributed by atoms with van der Waals surface area (Å²) in [5.74, 6) is -2.37. The van der Waals surface area contributed by atoms with Gasteiger partial charge in [-0.05, 0) is 43.2 Å². The first kappa shape index (κ1) is 25.3. The van der Waals surface area contributed by atoms with E-state index in [2.05, 4.69) is 29.2 Å². The van der Waals surface area contributed by atoms with Crippen LogP contribution in [-0.2, 0) is 4.79 Å². The van der Waals surface area contributed by atoms with Gasteiger partial charge in [0.15, 0.2) is 11.5 Å². The van der Waals surface area contributed by atoms with E-state index in [9.17, 15) is 18.4 Å². The van der Waals surface area contributed by atoms with Crippen molar-refractivity contribution < 1.29 is 22.9 Å². The molecule has 2 amide bonds. The van der Waals surface area contributed by atoms with Crippen molar-refractivity contribution >= 4 is 11.8 Å². The van der Waals surface area contributed by atoms with Crippen LogP contribution < -0.4 is 5.32 Å². The lowest BCUT2D eigenvalue weighted by Crippen LogP contribution is -2.58. The van der Waals surface area contributed by atoms with Gasteiger partial charge in [0.1, 0.15) is 11.6 Å². The molecule has 1 aromatic heterocycles. The number of piperidine rings is 1. The number of nitrogens with one attached hydrogen (secondary N) is 1. The van der Waals surface area contributed by atoms with Crippen LogP contribution in [0.4, 0.5) is 8.78 Å². The molecule has 0 spiro atoms. The number of halogens is 2. The van der Waals surface area contributed by atoms with Crippen molar-refractivity contribution in [2.45, 2.75) is 58.0 Å². The molecule has 1 aliphatic heterocycles. The highest BCUT2D eigenvalue weighted by Gasteiger charge is 2.40. The van der Waals surface area contributed by atoms with Gasteiger partial charge in [0, 0.05) is 51.4 Å². The zero-order valence-corrected chi connectivity index (χ0v) is 20.8. The first-order valence-corrected chi connectivity index (χ1v) is 12.2. The summed E-state index contributed by atoms with van der Waals surface area (Å²) in [5.41, 5.74) is 0.294. The first-order chi connectivity index (χ1) is 16.5. The molecule has 2 heterocycles. The Hall–Kier alpha value is -2.81. The summed E-state index contributed by atoms with van der Waals surface area (Å²) in [6.07, 6.45) is 5.28. The topological polar surface area (TPSA) is 78.7 Å². The van der Waals surface area contributed by atoms with Crippen molar-refractivity contribution in [2.24, 2.45) is 11.3 Å². The summed E-state index contributed by atoms with van der Waals surface area (Å²) in [5, 5.41) is 6.74. The van der Waals surface area contributed by atoms with Crippen LogP contribution in [0.3, 0.4) is 0 Å². The maximum Gasteiger partial charge on any atom is 0.273 e. The summed E-state index contributed by atoms with van der Waals surface area (Å²) in [6, 6.07) is 4.51. The molecule has 0 radical (unpaired) electrons. The minimum atomic E-state index is -0.803. The first-order valence-electron chi connectivity index (χ1n) is 12.2. The third-order valence-electron chi connectivity index (χ3n) is 7.35. The van der Waals surface area contributed by atoms with Crippen molar-refractivity contribution in [3.05, 3.63) is 41.6 Å². The van der Waals surface area contributed by atoms with Gasteiger partial charge in [-0.15, -0.1) is 0 Å². The van der Waals surface area contributed by atoms with Crippen LogP contribution in [-0.4, -0.2) is 66.0 Å². The van der Waals surface area contributed by atoms with Crippen molar-refractivity contribution in [2.75, 3.05) is 27.2 Å². The molecule has 9 heteroatoms. The number of carbonyl (C=O) groups is 2. The number of hydrogen-bond donors (Lipinski definition) is 1. The fraction of sp³-hybridized carbons (Fsp3) is 0.577. The summed E-state index contributed by atoms with van der Waals surface area (Å²) < 4.78 is 32.5.